The van der Waals surface area contributed by atoms with Gasteiger partial charge in [-0.25, -0.2) is 4.68 Å². The highest BCUT2D eigenvalue weighted by Crippen LogP contribution is 2.19. The molecular weight excluding hydrogens is 300 g/mol. The van der Waals surface area contributed by atoms with Gasteiger partial charge in [0.15, 0.2) is 0 Å². The highest BCUT2D eigenvalue weighted by atomic mass is 15.3. The molecule has 6 heteroatoms. The molecule has 0 spiro atoms. The van der Waals surface area contributed by atoms with Crippen molar-refractivity contribution in [3.8, 4) is 5.69 Å². The summed E-state index contributed by atoms with van der Waals surface area (Å²) in [4.78, 5) is 2.03. The molecule has 0 aliphatic carbocycles. The van der Waals surface area contributed by atoms with Gasteiger partial charge in [0.2, 0.25) is 0 Å². The SMILES string of the molecule is CCN(CNC)/C(N)=C/C=C(\N)c1ccc(-n2cccn2)cc1C. The van der Waals surface area contributed by atoms with E-state index in [0.29, 0.717) is 18.2 Å². The second-order valence-electron chi connectivity index (χ2n) is 5.53. The fourth-order valence-electron chi connectivity index (χ4n) is 2.48. The number of allylic oxidation sites excluding steroid dienone is 2. The number of benzene rings is 1. The minimum Gasteiger partial charge on any atom is -0.398 e. The molecule has 1 heterocycles. The van der Waals surface area contributed by atoms with E-state index < -0.39 is 0 Å². The zero-order valence-electron chi connectivity index (χ0n) is 14.5. The molecule has 1 aromatic heterocycles. The van der Waals surface area contributed by atoms with Gasteiger partial charge in [0.1, 0.15) is 0 Å². The van der Waals surface area contributed by atoms with E-state index in [0.717, 1.165) is 23.4 Å². The monoisotopic (exact) mass is 326 g/mol. The van der Waals surface area contributed by atoms with Gasteiger partial charge in [0.25, 0.3) is 0 Å². The van der Waals surface area contributed by atoms with E-state index in [4.69, 9.17) is 11.5 Å². The lowest BCUT2D eigenvalue weighted by molar-refractivity contribution is 0.340. The quantitative estimate of drug-likeness (QED) is 0.533. The van der Waals surface area contributed by atoms with E-state index >= 15 is 0 Å². The summed E-state index contributed by atoms with van der Waals surface area (Å²) >= 11 is 0. The molecule has 128 valence electrons. The van der Waals surface area contributed by atoms with E-state index in [1.165, 1.54) is 0 Å². The molecule has 0 bridgehead atoms. The molecule has 0 radical (unpaired) electrons. The van der Waals surface area contributed by atoms with Gasteiger partial charge in [-0.1, -0.05) is 6.07 Å². The first kappa shape index (κ1) is 17.6. The highest BCUT2D eigenvalue weighted by molar-refractivity contribution is 5.68. The molecule has 0 aliphatic heterocycles. The highest BCUT2D eigenvalue weighted by Gasteiger charge is 2.05. The Morgan fingerprint density at radius 1 is 1.33 bits per heavy atom. The van der Waals surface area contributed by atoms with Crippen molar-refractivity contribution in [1.29, 1.82) is 0 Å². The maximum Gasteiger partial charge on any atom is 0.0997 e. The lowest BCUT2D eigenvalue weighted by Crippen LogP contribution is -2.34. The second kappa shape index (κ2) is 8.21. The van der Waals surface area contributed by atoms with E-state index in [-0.39, 0.29) is 0 Å². The number of rotatable bonds is 7. The number of aryl methyl sites for hydroxylation is 1. The lowest BCUT2D eigenvalue weighted by Gasteiger charge is -2.22. The van der Waals surface area contributed by atoms with Crippen LogP contribution >= 0.6 is 0 Å². The Balaban J connectivity index is 2.21. The summed E-state index contributed by atoms with van der Waals surface area (Å²) in [7, 11) is 1.89. The van der Waals surface area contributed by atoms with Gasteiger partial charge in [-0.05, 0) is 56.8 Å². The molecule has 2 aromatic rings. The smallest absolute Gasteiger partial charge is 0.0997 e. The standard InChI is InChI=1S/C18H26N6/c1-4-23(13-21-3)18(20)9-8-17(19)16-7-6-15(12-14(16)2)24-11-5-10-22-24/h5-12,21H,4,13,19-20H2,1-3H3/b17-8-,18-9+. The zero-order chi connectivity index (χ0) is 17.5. The third-order valence-electron chi connectivity index (χ3n) is 3.82. The van der Waals surface area contributed by atoms with Crippen LogP contribution in [-0.4, -0.2) is 34.9 Å². The fourth-order valence-corrected chi connectivity index (χ4v) is 2.48. The van der Waals surface area contributed by atoms with E-state index in [1.807, 2.05) is 60.1 Å². The van der Waals surface area contributed by atoms with Crippen molar-refractivity contribution in [3.63, 3.8) is 0 Å². The van der Waals surface area contributed by atoms with Gasteiger partial charge in [-0.15, -0.1) is 0 Å². The van der Waals surface area contributed by atoms with Gasteiger partial charge < -0.3 is 21.7 Å². The Morgan fingerprint density at radius 2 is 2.12 bits per heavy atom. The Labute approximate surface area is 143 Å². The summed E-state index contributed by atoms with van der Waals surface area (Å²) in [6, 6.07) is 7.97. The van der Waals surface area contributed by atoms with Crippen LogP contribution < -0.4 is 16.8 Å². The van der Waals surface area contributed by atoms with Crippen molar-refractivity contribution in [3.05, 3.63) is 65.8 Å². The van der Waals surface area contributed by atoms with Gasteiger partial charge in [0.05, 0.1) is 18.2 Å². The van der Waals surface area contributed by atoms with Gasteiger partial charge in [-0.2, -0.15) is 5.10 Å². The van der Waals surface area contributed by atoms with Gasteiger partial charge in [-0.3, -0.25) is 0 Å². The maximum absolute atomic E-state index is 6.23. The van der Waals surface area contributed by atoms with Crippen molar-refractivity contribution < 1.29 is 0 Å². The minimum absolute atomic E-state index is 0.681. The number of hydrogen-bond donors (Lipinski definition) is 3. The first-order valence-corrected chi connectivity index (χ1v) is 8.00. The van der Waals surface area contributed by atoms with Gasteiger partial charge >= 0.3 is 0 Å². The van der Waals surface area contributed by atoms with Crippen molar-refractivity contribution in [2.45, 2.75) is 13.8 Å². The summed E-state index contributed by atoms with van der Waals surface area (Å²) in [6.07, 6.45) is 7.37. The lowest BCUT2D eigenvalue weighted by atomic mass is 10.0. The Bertz CT molecular complexity index is 715. The predicted octanol–water partition coefficient (Wildman–Crippen LogP) is 1.78. The number of aromatic nitrogens is 2. The first-order valence-electron chi connectivity index (χ1n) is 8.00. The molecule has 0 amide bonds. The summed E-state index contributed by atoms with van der Waals surface area (Å²) < 4.78 is 1.82. The third-order valence-corrected chi connectivity index (χ3v) is 3.82. The second-order valence-corrected chi connectivity index (χ2v) is 5.53. The topological polar surface area (TPSA) is 85.1 Å². The summed E-state index contributed by atoms with van der Waals surface area (Å²) in [5.41, 5.74) is 16.1. The summed E-state index contributed by atoms with van der Waals surface area (Å²) in [6.45, 7) is 5.62. The van der Waals surface area contributed by atoms with Crippen molar-refractivity contribution in [1.82, 2.24) is 20.0 Å². The van der Waals surface area contributed by atoms with Crippen LogP contribution in [0.15, 0.2) is 54.6 Å². The molecule has 0 saturated carbocycles. The molecule has 0 fully saturated rings. The third kappa shape index (κ3) is 4.17. The summed E-state index contributed by atoms with van der Waals surface area (Å²) in [5, 5.41) is 7.33. The largest absolute Gasteiger partial charge is 0.398 e. The molecule has 0 saturated heterocycles. The average molecular weight is 326 g/mol. The van der Waals surface area contributed by atoms with Crippen molar-refractivity contribution in [2.24, 2.45) is 11.5 Å². The molecule has 0 atom stereocenters. The number of hydrogen-bond acceptors (Lipinski definition) is 5. The first-order chi connectivity index (χ1) is 11.6. The van der Waals surface area contributed by atoms with Crippen LogP contribution in [0.5, 0.6) is 0 Å². The maximum atomic E-state index is 6.23. The van der Waals surface area contributed by atoms with Crippen LogP contribution in [0.3, 0.4) is 0 Å². The molecule has 2 rings (SSSR count). The van der Waals surface area contributed by atoms with E-state index in [1.54, 1.807) is 6.20 Å². The van der Waals surface area contributed by atoms with Gasteiger partial charge in [0, 0.05) is 30.2 Å². The molecular formula is C18H26N6. The molecule has 24 heavy (non-hydrogen) atoms. The molecule has 0 unspecified atom stereocenters. The molecule has 1 aromatic carbocycles. The number of nitrogens with zero attached hydrogens (tertiary/aromatic N) is 3. The van der Waals surface area contributed by atoms with Crippen LogP contribution in [-0.2, 0) is 0 Å². The van der Waals surface area contributed by atoms with Crippen LogP contribution in [0.1, 0.15) is 18.1 Å². The van der Waals surface area contributed by atoms with Crippen molar-refractivity contribution >= 4 is 5.70 Å². The molecule has 0 aliphatic rings. The molecule has 5 N–H and O–H groups in total. The van der Waals surface area contributed by atoms with Crippen LogP contribution in [0.2, 0.25) is 0 Å². The molecule has 6 nitrogen and oxygen atoms in total. The average Bonchev–Trinajstić information content (AvgIpc) is 3.11. The van der Waals surface area contributed by atoms with Crippen molar-refractivity contribution in [2.75, 3.05) is 20.3 Å². The number of nitrogens with two attached hydrogens (primary N) is 2. The van der Waals surface area contributed by atoms with E-state index in [9.17, 15) is 0 Å². The van der Waals surface area contributed by atoms with E-state index in [2.05, 4.69) is 23.4 Å². The zero-order valence-corrected chi connectivity index (χ0v) is 14.5. The minimum atomic E-state index is 0.681. The summed E-state index contributed by atoms with van der Waals surface area (Å²) in [5.74, 6) is 0.681. The number of nitrogens with one attached hydrogen (secondary N) is 1. The van der Waals surface area contributed by atoms with Crippen LogP contribution in [0.25, 0.3) is 11.4 Å². The normalized spacial score (nSPS) is 12.5. The van der Waals surface area contributed by atoms with Crippen LogP contribution in [0.4, 0.5) is 0 Å². The predicted molar refractivity (Wildman–Crippen MR) is 99.0 cm³/mol. The Morgan fingerprint density at radius 3 is 2.71 bits per heavy atom. The Hall–Kier alpha value is -2.73. The Kier molecular flexibility index (Phi) is 6.03. The van der Waals surface area contributed by atoms with Crippen LogP contribution in [0, 0.1) is 6.92 Å². The fraction of sp³-hybridized carbons (Fsp3) is 0.278.